The Bertz CT molecular complexity index is 520. The average molecular weight is 280 g/mol. The predicted molar refractivity (Wildman–Crippen MR) is 69.9 cm³/mol. The van der Waals surface area contributed by atoms with Crippen LogP contribution in [0.3, 0.4) is 0 Å². The summed E-state index contributed by atoms with van der Waals surface area (Å²) >= 11 is 0. The van der Waals surface area contributed by atoms with Crippen LogP contribution >= 0.6 is 0 Å². The fourth-order valence-corrected chi connectivity index (χ4v) is 5.38. The molecule has 2 fully saturated rings. The molecule has 1 spiro atoms. The molecule has 110 valence electrons. The minimum absolute atomic E-state index is 0.0594. The first-order chi connectivity index (χ1) is 9.22. The van der Waals surface area contributed by atoms with Gasteiger partial charge in [0.05, 0.1) is 12.0 Å². The molecule has 5 atom stereocenters. The normalized spacial score (nSPS) is 44.9. The summed E-state index contributed by atoms with van der Waals surface area (Å²) in [7, 11) is 0. The smallest absolute Gasteiger partial charge is 0.331 e. The highest BCUT2D eigenvalue weighted by Gasteiger charge is 2.70. The number of aliphatic carboxylic acids is 2. The lowest BCUT2D eigenvalue weighted by Crippen LogP contribution is -2.45. The van der Waals surface area contributed by atoms with E-state index in [1.165, 1.54) is 6.08 Å². The summed E-state index contributed by atoms with van der Waals surface area (Å²) in [6.45, 7) is 4.03. The molecule has 3 aliphatic carbocycles. The summed E-state index contributed by atoms with van der Waals surface area (Å²) in [5.74, 6) is -2.54. The summed E-state index contributed by atoms with van der Waals surface area (Å²) in [4.78, 5) is 23.0. The zero-order chi connectivity index (χ0) is 14.9. The molecule has 5 nitrogen and oxygen atoms in total. The highest BCUT2D eigenvalue weighted by Crippen LogP contribution is 2.71. The van der Waals surface area contributed by atoms with Crippen LogP contribution in [0.5, 0.6) is 0 Å². The molecule has 2 bridgehead atoms. The van der Waals surface area contributed by atoms with Gasteiger partial charge in [0.25, 0.3) is 0 Å². The standard InChI is InChI=1S/C15H20O5/c1-14(2)9-6-15(11(16)5-7(9)12(17)18)8(13(19)20)3-4-10(14)15/h5,8-11,16H,3-4,6H2,1-2H3,(H,17,18)(H,19,20)/t8-,9-,10+,11+,15+/m1/s1. The molecular weight excluding hydrogens is 260 g/mol. The number of fused-ring (bicyclic) bond motifs is 1. The number of carboxylic acid groups (broad SMARTS) is 2. The largest absolute Gasteiger partial charge is 0.481 e. The van der Waals surface area contributed by atoms with Crippen molar-refractivity contribution in [2.24, 2.45) is 28.6 Å². The van der Waals surface area contributed by atoms with Gasteiger partial charge in [0, 0.05) is 11.0 Å². The Morgan fingerprint density at radius 3 is 2.45 bits per heavy atom. The fourth-order valence-electron chi connectivity index (χ4n) is 5.38. The second-order valence-corrected chi connectivity index (χ2v) is 7.08. The first kappa shape index (κ1) is 13.6. The van der Waals surface area contributed by atoms with Gasteiger partial charge < -0.3 is 15.3 Å². The molecule has 0 aromatic rings. The van der Waals surface area contributed by atoms with Gasteiger partial charge in [-0.3, -0.25) is 4.79 Å². The Labute approximate surface area is 117 Å². The third kappa shape index (κ3) is 1.36. The maximum atomic E-state index is 11.6. The molecule has 0 amide bonds. The third-order valence-corrected chi connectivity index (χ3v) is 6.20. The van der Waals surface area contributed by atoms with Gasteiger partial charge in [0.2, 0.25) is 0 Å². The number of aliphatic hydroxyl groups excluding tert-OH is 1. The predicted octanol–water partition coefficient (Wildman–Crippen LogP) is 1.52. The lowest BCUT2D eigenvalue weighted by molar-refractivity contribution is -0.149. The Morgan fingerprint density at radius 2 is 1.90 bits per heavy atom. The number of hydrogen-bond acceptors (Lipinski definition) is 3. The molecule has 0 radical (unpaired) electrons. The van der Waals surface area contributed by atoms with Crippen molar-refractivity contribution in [1.29, 1.82) is 0 Å². The monoisotopic (exact) mass is 280 g/mol. The van der Waals surface area contributed by atoms with Gasteiger partial charge in [-0.1, -0.05) is 13.8 Å². The molecule has 0 aliphatic heterocycles. The Balaban J connectivity index is 2.16. The van der Waals surface area contributed by atoms with Crippen molar-refractivity contribution in [1.82, 2.24) is 0 Å². The summed E-state index contributed by atoms with van der Waals surface area (Å²) in [5, 5.41) is 29.4. The van der Waals surface area contributed by atoms with Crippen molar-refractivity contribution in [3.63, 3.8) is 0 Å². The van der Waals surface area contributed by atoms with Crippen molar-refractivity contribution in [2.75, 3.05) is 0 Å². The quantitative estimate of drug-likeness (QED) is 0.712. The molecule has 0 heterocycles. The van der Waals surface area contributed by atoms with E-state index in [9.17, 15) is 24.9 Å². The van der Waals surface area contributed by atoms with Crippen LogP contribution in [-0.4, -0.2) is 33.4 Å². The Hall–Kier alpha value is -1.36. The van der Waals surface area contributed by atoms with E-state index >= 15 is 0 Å². The molecule has 20 heavy (non-hydrogen) atoms. The molecule has 3 N–H and O–H groups in total. The zero-order valence-electron chi connectivity index (χ0n) is 11.7. The van der Waals surface area contributed by atoms with Crippen LogP contribution in [-0.2, 0) is 9.59 Å². The molecule has 2 saturated carbocycles. The zero-order valence-corrected chi connectivity index (χ0v) is 11.7. The van der Waals surface area contributed by atoms with E-state index in [1.807, 2.05) is 13.8 Å². The van der Waals surface area contributed by atoms with Crippen LogP contribution < -0.4 is 0 Å². The lowest BCUT2D eigenvalue weighted by Gasteiger charge is -2.40. The van der Waals surface area contributed by atoms with Crippen LogP contribution in [0.15, 0.2) is 11.6 Å². The lowest BCUT2D eigenvalue weighted by atomic mass is 9.65. The van der Waals surface area contributed by atoms with E-state index in [-0.39, 0.29) is 22.8 Å². The van der Waals surface area contributed by atoms with Crippen molar-refractivity contribution in [3.05, 3.63) is 11.6 Å². The van der Waals surface area contributed by atoms with Crippen LogP contribution in [0.2, 0.25) is 0 Å². The molecule has 0 aromatic heterocycles. The van der Waals surface area contributed by atoms with Gasteiger partial charge in [-0.2, -0.15) is 0 Å². The summed E-state index contributed by atoms with van der Waals surface area (Å²) in [5.41, 5.74) is -0.711. The van der Waals surface area contributed by atoms with Gasteiger partial charge in [0.15, 0.2) is 0 Å². The minimum atomic E-state index is -0.996. The molecular formula is C15H20O5. The second kappa shape index (κ2) is 3.85. The molecule has 0 aromatic carbocycles. The molecule has 0 unspecified atom stereocenters. The summed E-state index contributed by atoms with van der Waals surface area (Å²) in [6.07, 6.45) is 2.22. The van der Waals surface area contributed by atoms with Gasteiger partial charge in [0.1, 0.15) is 0 Å². The van der Waals surface area contributed by atoms with Gasteiger partial charge in [-0.05, 0) is 42.6 Å². The number of carboxylic acids is 2. The molecule has 3 aliphatic rings. The maximum Gasteiger partial charge on any atom is 0.331 e. The van der Waals surface area contributed by atoms with Gasteiger partial charge >= 0.3 is 11.9 Å². The highest BCUT2D eigenvalue weighted by atomic mass is 16.4. The summed E-state index contributed by atoms with van der Waals surface area (Å²) in [6, 6.07) is 0. The molecule has 5 heteroatoms. The van der Waals surface area contributed by atoms with Crippen molar-refractivity contribution < 1.29 is 24.9 Å². The number of aliphatic hydroxyl groups is 1. The van der Waals surface area contributed by atoms with Crippen molar-refractivity contribution in [3.8, 4) is 0 Å². The third-order valence-electron chi connectivity index (χ3n) is 6.20. The van der Waals surface area contributed by atoms with Crippen molar-refractivity contribution >= 4 is 11.9 Å². The average Bonchev–Trinajstić information content (AvgIpc) is 2.79. The van der Waals surface area contributed by atoms with Crippen LogP contribution in [0.1, 0.15) is 33.1 Å². The Morgan fingerprint density at radius 1 is 1.25 bits per heavy atom. The number of carbonyl (C=O) groups is 2. The first-order valence-electron chi connectivity index (χ1n) is 7.08. The van der Waals surface area contributed by atoms with Crippen LogP contribution in [0.25, 0.3) is 0 Å². The summed E-state index contributed by atoms with van der Waals surface area (Å²) < 4.78 is 0. The van der Waals surface area contributed by atoms with Crippen LogP contribution in [0, 0.1) is 28.6 Å². The van der Waals surface area contributed by atoms with Gasteiger partial charge in [-0.15, -0.1) is 0 Å². The number of rotatable bonds is 2. The topological polar surface area (TPSA) is 94.8 Å². The molecule has 0 saturated heterocycles. The van der Waals surface area contributed by atoms with Gasteiger partial charge in [-0.25, -0.2) is 4.79 Å². The SMILES string of the molecule is CC1(C)[C@@H]2C[C@@]3([C@@H](C(=O)O)CC[C@@H]13)[C@@H](O)C=C2C(=O)O. The van der Waals surface area contributed by atoms with E-state index in [2.05, 4.69) is 0 Å². The van der Waals surface area contributed by atoms with E-state index in [1.54, 1.807) is 0 Å². The fraction of sp³-hybridized carbons (Fsp3) is 0.733. The molecule has 3 rings (SSSR count). The minimum Gasteiger partial charge on any atom is -0.481 e. The maximum absolute atomic E-state index is 11.6. The van der Waals surface area contributed by atoms with E-state index in [0.29, 0.717) is 12.8 Å². The van der Waals surface area contributed by atoms with E-state index in [4.69, 9.17) is 0 Å². The highest BCUT2D eigenvalue weighted by molar-refractivity contribution is 5.88. The second-order valence-electron chi connectivity index (χ2n) is 7.08. The van der Waals surface area contributed by atoms with Crippen LogP contribution in [0.4, 0.5) is 0 Å². The van der Waals surface area contributed by atoms with Crippen molar-refractivity contribution in [2.45, 2.75) is 39.2 Å². The van der Waals surface area contributed by atoms with E-state index < -0.39 is 29.4 Å². The Kier molecular flexibility index (Phi) is 2.62. The van der Waals surface area contributed by atoms with E-state index in [0.717, 1.165) is 6.42 Å². The number of hydrogen-bond donors (Lipinski definition) is 3. The first-order valence-corrected chi connectivity index (χ1v) is 7.08.